The third-order valence-corrected chi connectivity index (χ3v) is 7.63. The maximum atomic E-state index is 13.2. The molecule has 1 heterocycles. The van der Waals surface area contributed by atoms with Gasteiger partial charge in [-0.2, -0.15) is 4.31 Å². The van der Waals surface area contributed by atoms with E-state index in [1.807, 2.05) is 32.0 Å². The van der Waals surface area contributed by atoms with E-state index in [1.54, 1.807) is 7.11 Å². The van der Waals surface area contributed by atoms with Gasteiger partial charge in [0.05, 0.1) is 24.0 Å². The summed E-state index contributed by atoms with van der Waals surface area (Å²) in [5.41, 5.74) is 1.97. The largest absolute Gasteiger partial charge is 0.496 e. The van der Waals surface area contributed by atoms with Gasteiger partial charge in [-0.1, -0.05) is 19.1 Å². The lowest BCUT2D eigenvalue weighted by atomic mass is 9.96. The van der Waals surface area contributed by atoms with E-state index in [9.17, 15) is 17.6 Å². The van der Waals surface area contributed by atoms with Crippen LogP contribution in [0.15, 0.2) is 47.4 Å². The van der Waals surface area contributed by atoms with Gasteiger partial charge in [0.1, 0.15) is 11.6 Å². The molecule has 2 aromatic rings. The van der Waals surface area contributed by atoms with Crippen molar-refractivity contribution in [2.45, 2.75) is 44.0 Å². The molecule has 1 fully saturated rings. The predicted molar refractivity (Wildman–Crippen MR) is 117 cm³/mol. The van der Waals surface area contributed by atoms with Crippen molar-refractivity contribution in [3.63, 3.8) is 0 Å². The molecule has 168 valence electrons. The molecular formula is C23H29FN2O4S. The minimum atomic E-state index is -3.77. The fourth-order valence-electron chi connectivity index (χ4n) is 3.96. The number of rotatable bonds is 7. The second kappa shape index (κ2) is 9.78. The number of aryl methyl sites for hydroxylation is 1. The Morgan fingerprint density at radius 2 is 1.97 bits per heavy atom. The summed E-state index contributed by atoms with van der Waals surface area (Å²) in [5, 5.41) is 3.09. The first-order valence-corrected chi connectivity index (χ1v) is 11.9. The molecule has 8 heteroatoms. The van der Waals surface area contributed by atoms with Crippen LogP contribution in [0.1, 0.15) is 43.4 Å². The van der Waals surface area contributed by atoms with Crippen LogP contribution in [0.4, 0.5) is 4.39 Å². The second-order valence-electron chi connectivity index (χ2n) is 7.85. The zero-order chi connectivity index (χ0) is 22.6. The second-order valence-corrected chi connectivity index (χ2v) is 9.79. The summed E-state index contributed by atoms with van der Waals surface area (Å²) in [7, 11) is -2.15. The predicted octanol–water partition coefficient (Wildman–Crippen LogP) is 3.81. The van der Waals surface area contributed by atoms with E-state index in [0.29, 0.717) is 25.8 Å². The summed E-state index contributed by atoms with van der Waals surface area (Å²) in [6.45, 7) is 4.41. The van der Waals surface area contributed by atoms with Gasteiger partial charge in [-0.05, 0) is 67.6 Å². The van der Waals surface area contributed by atoms with Crippen LogP contribution in [-0.2, 0) is 14.8 Å². The molecule has 1 aliphatic heterocycles. The number of nitrogens with one attached hydrogen (secondary N) is 1. The average Bonchev–Trinajstić information content (AvgIpc) is 2.77. The van der Waals surface area contributed by atoms with Gasteiger partial charge in [0.2, 0.25) is 15.9 Å². The first-order chi connectivity index (χ1) is 14.8. The fraction of sp³-hybridized carbons (Fsp3) is 0.435. The normalized spacial score (nSPS) is 18.4. The van der Waals surface area contributed by atoms with Gasteiger partial charge in [0.25, 0.3) is 0 Å². The number of nitrogens with zero attached hydrogens (tertiary/aromatic N) is 1. The van der Waals surface area contributed by atoms with Gasteiger partial charge in [0, 0.05) is 13.1 Å². The molecule has 1 amide bonds. The van der Waals surface area contributed by atoms with Crippen molar-refractivity contribution >= 4 is 15.9 Å². The smallest absolute Gasteiger partial charge is 0.243 e. The maximum Gasteiger partial charge on any atom is 0.243 e. The van der Waals surface area contributed by atoms with E-state index < -0.39 is 21.8 Å². The van der Waals surface area contributed by atoms with Crippen LogP contribution in [0.3, 0.4) is 0 Å². The lowest BCUT2D eigenvalue weighted by molar-refractivity contribution is -0.126. The van der Waals surface area contributed by atoms with Crippen LogP contribution in [0.5, 0.6) is 5.75 Å². The zero-order valence-corrected chi connectivity index (χ0v) is 18.9. The molecule has 3 rings (SSSR count). The number of amides is 1. The molecule has 6 nitrogen and oxygen atoms in total. The third-order valence-electron chi connectivity index (χ3n) is 5.75. The van der Waals surface area contributed by atoms with Crippen LogP contribution in [0, 0.1) is 18.7 Å². The number of methoxy groups -OCH3 is 1. The van der Waals surface area contributed by atoms with Crippen molar-refractivity contribution in [1.82, 2.24) is 9.62 Å². The topological polar surface area (TPSA) is 75.7 Å². The van der Waals surface area contributed by atoms with Crippen molar-refractivity contribution < 1.29 is 22.3 Å². The Bertz CT molecular complexity index is 1020. The van der Waals surface area contributed by atoms with Gasteiger partial charge in [-0.15, -0.1) is 0 Å². The Morgan fingerprint density at radius 3 is 2.58 bits per heavy atom. The van der Waals surface area contributed by atoms with Crippen molar-refractivity contribution in [3.8, 4) is 5.75 Å². The molecule has 0 bridgehead atoms. The molecule has 0 aliphatic carbocycles. The van der Waals surface area contributed by atoms with E-state index in [4.69, 9.17) is 4.74 Å². The SMILES string of the molecule is CC[C@H](NC(=O)[C@@H]1CCCN(S(=O)(=O)c2ccc(F)cc2)C1)c1ccc(OC)c(C)c1. The number of hydrogen-bond donors (Lipinski definition) is 1. The third kappa shape index (κ3) is 5.25. The Balaban J connectivity index is 1.71. The summed E-state index contributed by atoms with van der Waals surface area (Å²) in [6, 6.07) is 10.4. The summed E-state index contributed by atoms with van der Waals surface area (Å²) >= 11 is 0. The summed E-state index contributed by atoms with van der Waals surface area (Å²) in [5.74, 6) is -0.287. The molecule has 31 heavy (non-hydrogen) atoms. The minimum Gasteiger partial charge on any atom is -0.496 e. The molecule has 0 saturated carbocycles. The Hall–Kier alpha value is -2.45. The first kappa shape index (κ1) is 23.2. The average molecular weight is 449 g/mol. The van der Waals surface area contributed by atoms with Gasteiger partial charge in [0.15, 0.2) is 0 Å². The Morgan fingerprint density at radius 1 is 1.26 bits per heavy atom. The fourth-order valence-corrected chi connectivity index (χ4v) is 5.48. The molecule has 2 atom stereocenters. The van der Waals surface area contributed by atoms with Crippen molar-refractivity contribution in [3.05, 3.63) is 59.4 Å². The van der Waals surface area contributed by atoms with Crippen LogP contribution in [0.25, 0.3) is 0 Å². The summed E-state index contributed by atoms with van der Waals surface area (Å²) < 4.78 is 45.7. The molecule has 0 radical (unpaired) electrons. The minimum absolute atomic E-state index is 0.0371. The molecule has 0 unspecified atom stereocenters. The number of halogens is 1. The molecule has 1 aliphatic rings. The van der Waals surface area contributed by atoms with Gasteiger partial charge in [-0.3, -0.25) is 4.79 Å². The van der Waals surface area contributed by atoms with Crippen molar-refractivity contribution in [2.75, 3.05) is 20.2 Å². The molecule has 1 N–H and O–H groups in total. The molecule has 1 saturated heterocycles. The van der Waals surface area contributed by atoms with Gasteiger partial charge >= 0.3 is 0 Å². The number of piperidine rings is 1. The van der Waals surface area contributed by atoms with Crippen molar-refractivity contribution in [1.29, 1.82) is 0 Å². The highest BCUT2D eigenvalue weighted by Crippen LogP contribution is 2.27. The van der Waals surface area contributed by atoms with Gasteiger partial charge < -0.3 is 10.1 Å². The lowest BCUT2D eigenvalue weighted by Crippen LogP contribution is -2.46. The zero-order valence-electron chi connectivity index (χ0n) is 18.1. The monoisotopic (exact) mass is 448 g/mol. The Labute approximate surface area is 183 Å². The van der Waals surface area contributed by atoms with Crippen molar-refractivity contribution in [2.24, 2.45) is 5.92 Å². The first-order valence-electron chi connectivity index (χ1n) is 10.5. The number of hydrogen-bond acceptors (Lipinski definition) is 4. The van der Waals surface area contributed by atoms with E-state index in [-0.39, 0.29) is 23.4 Å². The lowest BCUT2D eigenvalue weighted by Gasteiger charge is -2.32. The number of carbonyl (C=O) groups is 1. The van der Waals surface area contributed by atoms with Crippen LogP contribution < -0.4 is 10.1 Å². The number of carbonyl (C=O) groups excluding carboxylic acids is 1. The van der Waals surface area contributed by atoms with Crippen LogP contribution in [-0.4, -0.2) is 38.8 Å². The number of sulfonamides is 1. The van der Waals surface area contributed by atoms with Crippen LogP contribution in [0.2, 0.25) is 0 Å². The van der Waals surface area contributed by atoms with E-state index in [1.165, 1.54) is 16.4 Å². The molecule has 0 aromatic heterocycles. The Kier molecular flexibility index (Phi) is 7.33. The quantitative estimate of drug-likeness (QED) is 0.699. The van der Waals surface area contributed by atoms with E-state index >= 15 is 0 Å². The molecule has 2 aromatic carbocycles. The summed E-state index contributed by atoms with van der Waals surface area (Å²) in [6.07, 6.45) is 1.93. The number of ether oxygens (including phenoxy) is 1. The highest BCUT2D eigenvalue weighted by molar-refractivity contribution is 7.89. The molecule has 0 spiro atoms. The van der Waals surface area contributed by atoms with Crippen LogP contribution >= 0.6 is 0 Å². The molecular weight excluding hydrogens is 419 g/mol. The number of benzene rings is 2. The van der Waals surface area contributed by atoms with E-state index in [0.717, 1.165) is 29.0 Å². The van der Waals surface area contributed by atoms with Gasteiger partial charge in [-0.25, -0.2) is 12.8 Å². The highest BCUT2D eigenvalue weighted by atomic mass is 32.2. The highest BCUT2D eigenvalue weighted by Gasteiger charge is 2.34. The summed E-state index contributed by atoms with van der Waals surface area (Å²) in [4.78, 5) is 13.0. The van der Waals surface area contributed by atoms with E-state index in [2.05, 4.69) is 5.32 Å². The standard InChI is InChI=1S/C23H29FN2O4S/c1-4-21(17-7-12-22(30-3)16(2)14-17)25-23(27)18-6-5-13-26(15-18)31(28,29)20-10-8-19(24)9-11-20/h7-12,14,18,21H,4-6,13,15H2,1-3H3,(H,25,27)/t18-,21+/m1/s1. The maximum absolute atomic E-state index is 13.2.